The maximum atomic E-state index is 12.7. The maximum Gasteiger partial charge on any atom is 0.363 e. The van der Waals surface area contributed by atoms with Crippen molar-refractivity contribution in [2.45, 2.75) is 6.92 Å². The number of anilines is 1. The minimum absolute atomic E-state index is 0.275. The minimum Gasteiger partial charge on any atom is -0.260 e. The van der Waals surface area contributed by atoms with Crippen molar-refractivity contribution in [2.24, 2.45) is 5.10 Å². The lowest BCUT2D eigenvalue weighted by atomic mass is 10.2. The van der Waals surface area contributed by atoms with Gasteiger partial charge in [-0.2, -0.15) is 15.2 Å². The van der Waals surface area contributed by atoms with Crippen molar-refractivity contribution in [3.63, 3.8) is 0 Å². The maximum absolute atomic E-state index is 12.7. The summed E-state index contributed by atoms with van der Waals surface area (Å²) in [4.78, 5) is 14.6. The average molecular weight is 247 g/mol. The lowest BCUT2D eigenvalue weighted by Gasteiger charge is -2.00. The third-order valence-corrected chi connectivity index (χ3v) is 2.13. The molecule has 2 rings (SSSR count). The standard InChI is InChI=1S/C11H10FN5O/c1-7-10(14-11(18)17-15-7)16-13-6-8-2-4-9(12)5-3-8/h2-6H,1H3,(H2,14,16,17,18)/b13-6+. The first-order valence-corrected chi connectivity index (χ1v) is 5.13. The molecule has 0 radical (unpaired) electrons. The molecule has 2 aromatic rings. The Bertz CT molecular complexity index is 620. The summed E-state index contributed by atoms with van der Waals surface area (Å²) in [6, 6.07) is 5.83. The van der Waals surface area contributed by atoms with Crippen LogP contribution in [0, 0.1) is 12.7 Å². The van der Waals surface area contributed by atoms with Crippen molar-refractivity contribution in [2.75, 3.05) is 5.43 Å². The number of benzene rings is 1. The first-order valence-electron chi connectivity index (χ1n) is 5.13. The van der Waals surface area contributed by atoms with Crippen LogP contribution in [0.5, 0.6) is 0 Å². The minimum atomic E-state index is -0.555. The third-order valence-electron chi connectivity index (χ3n) is 2.13. The van der Waals surface area contributed by atoms with Gasteiger partial charge in [-0.1, -0.05) is 12.1 Å². The molecule has 0 atom stereocenters. The summed E-state index contributed by atoms with van der Waals surface area (Å²) in [6.45, 7) is 1.68. The molecule has 7 heteroatoms. The summed E-state index contributed by atoms with van der Waals surface area (Å²) in [7, 11) is 0. The van der Waals surface area contributed by atoms with Gasteiger partial charge in [0, 0.05) is 0 Å². The normalized spacial score (nSPS) is 10.8. The Hall–Kier alpha value is -2.57. The first-order chi connectivity index (χ1) is 8.65. The third kappa shape index (κ3) is 2.97. The van der Waals surface area contributed by atoms with Crippen LogP contribution in [0.15, 0.2) is 34.2 Å². The van der Waals surface area contributed by atoms with Crippen LogP contribution in [0.2, 0.25) is 0 Å². The van der Waals surface area contributed by atoms with Gasteiger partial charge >= 0.3 is 5.69 Å². The fourth-order valence-corrected chi connectivity index (χ4v) is 1.21. The molecule has 0 bridgehead atoms. The second kappa shape index (κ2) is 5.17. The van der Waals surface area contributed by atoms with Crippen LogP contribution in [-0.2, 0) is 0 Å². The quantitative estimate of drug-likeness (QED) is 0.627. The Kier molecular flexibility index (Phi) is 3.42. The van der Waals surface area contributed by atoms with Crippen LogP contribution in [0.25, 0.3) is 0 Å². The predicted octanol–water partition coefficient (Wildman–Crippen LogP) is 1.06. The van der Waals surface area contributed by atoms with E-state index in [1.165, 1.54) is 18.3 Å². The Labute approximate surface area is 102 Å². The SMILES string of the molecule is Cc1n[nH]c(=O)nc1N/N=C/c1ccc(F)cc1. The second-order valence-electron chi connectivity index (χ2n) is 3.50. The summed E-state index contributed by atoms with van der Waals surface area (Å²) >= 11 is 0. The molecule has 0 unspecified atom stereocenters. The highest BCUT2D eigenvalue weighted by molar-refractivity contribution is 5.79. The molecule has 0 spiro atoms. The Morgan fingerprint density at radius 3 is 2.83 bits per heavy atom. The molecule has 0 aliphatic heterocycles. The summed E-state index contributed by atoms with van der Waals surface area (Å²) in [5.74, 6) is -0.0338. The van der Waals surface area contributed by atoms with Gasteiger partial charge in [-0.3, -0.25) is 5.43 Å². The molecule has 6 nitrogen and oxygen atoms in total. The van der Waals surface area contributed by atoms with E-state index in [2.05, 4.69) is 25.7 Å². The molecule has 18 heavy (non-hydrogen) atoms. The Balaban J connectivity index is 2.09. The van der Waals surface area contributed by atoms with Crippen LogP contribution in [0.4, 0.5) is 10.2 Å². The second-order valence-corrected chi connectivity index (χ2v) is 3.50. The van der Waals surface area contributed by atoms with Crippen LogP contribution in [0.1, 0.15) is 11.3 Å². The topological polar surface area (TPSA) is 83.0 Å². The highest BCUT2D eigenvalue weighted by atomic mass is 19.1. The number of hydrogen-bond donors (Lipinski definition) is 2. The van der Waals surface area contributed by atoms with E-state index in [1.54, 1.807) is 19.1 Å². The smallest absolute Gasteiger partial charge is 0.260 e. The molecule has 2 N–H and O–H groups in total. The zero-order valence-electron chi connectivity index (χ0n) is 9.51. The van der Waals surface area contributed by atoms with E-state index in [0.29, 0.717) is 5.69 Å². The van der Waals surface area contributed by atoms with E-state index in [1.807, 2.05) is 0 Å². The monoisotopic (exact) mass is 247 g/mol. The van der Waals surface area contributed by atoms with Gasteiger partial charge < -0.3 is 0 Å². The van der Waals surface area contributed by atoms with Crippen molar-refractivity contribution >= 4 is 12.0 Å². The van der Waals surface area contributed by atoms with Gasteiger partial charge in [0.2, 0.25) is 0 Å². The van der Waals surface area contributed by atoms with Crippen molar-refractivity contribution in [3.05, 3.63) is 51.8 Å². The van der Waals surface area contributed by atoms with E-state index in [-0.39, 0.29) is 11.6 Å². The number of hydrazone groups is 1. The molecule has 0 saturated heterocycles. The summed E-state index contributed by atoms with van der Waals surface area (Å²) in [5, 5.41) is 9.82. The summed E-state index contributed by atoms with van der Waals surface area (Å²) in [6.07, 6.45) is 1.49. The molecular formula is C11H10FN5O. The molecule has 0 saturated carbocycles. The number of hydrogen-bond acceptors (Lipinski definition) is 5. The number of aromatic amines is 1. The summed E-state index contributed by atoms with van der Waals surface area (Å²) < 4.78 is 12.7. The number of rotatable bonds is 3. The number of aryl methyl sites for hydroxylation is 1. The van der Waals surface area contributed by atoms with Crippen LogP contribution in [0.3, 0.4) is 0 Å². The largest absolute Gasteiger partial charge is 0.363 e. The van der Waals surface area contributed by atoms with Crippen molar-refractivity contribution in [3.8, 4) is 0 Å². The molecule has 92 valence electrons. The highest BCUT2D eigenvalue weighted by Gasteiger charge is 1.99. The van der Waals surface area contributed by atoms with E-state index >= 15 is 0 Å². The van der Waals surface area contributed by atoms with E-state index in [4.69, 9.17) is 0 Å². The van der Waals surface area contributed by atoms with Gasteiger partial charge in [0.15, 0.2) is 5.82 Å². The molecule has 0 aliphatic rings. The van der Waals surface area contributed by atoms with Gasteiger partial charge in [0.25, 0.3) is 0 Å². The average Bonchev–Trinajstić information content (AvgIpc) is 2.36. The van der Waals surface area contributed by atoms with Gasteiger partial charge in [0.05, 0.1) is 6.21 Å². The van der Waals surface area contributed by atoms with Crippen LogP contribution < -0.4 is 11.1 Å². The van der Waals surface area contributed by atoms with Crippen molar-refractivity contribution < 1.29 is 4.39 Å². The molecule has 0 amide bonds. The van der Waals surface area contributed by atoms with Crippen molar-refractivity contribution in [1.29, 1.82) is 0 Å². The lowest BCUT2D eigenvalue weighted by molar-refractivity contribution is 0.628. The molecule has 0 aliphatic carbocycles. The number of halogens is 1. The Morgan fingerprint density at radius 2 is 2.11 bits per heavy atom. The number of nitrogens with zero attached hydrogens (tertiary/aromatic N) is 3. The zero-order valence-corrected chi connectivity index (χ0v) is 9.51. The van der Waals surface area contributed by atoms with Gasteiger partial charge in [-0.25, -0.2) is 14.3 Å². The molecule has 0 fully saturated rings. The molecular weight excluding hydrogens is 237 g/mol. The van der Waals surface area contributed by atoms with Gasteiger partial charge in [-0.05, 0) is 24.6 Å². The first kappa shape index (κ1) is 11.9. The summed E-state index contributed by atoms with van der Waals surface area (Å²) in [5.41, 5.74) is 3.28. The van der Waals surface area contributed by atoms with Crippen molar-refractivity contribution in [1.82, 2.24) is 15.2 Å². The van der Waals surface area contributed by atoms with E-state index < -0.39 is 5.69 Å². The van der Waals surface area contributed by atoms with Gasteiger partial charge in [0.1, 0.15) is 11.5 Å². The number of nitrogens with one attached hydrogen (secondary N) is 2. The van der Waals surface area contributed by atoms with E-state index in [0.717, 1.165) is 5.56 Å². The molecule has 1 aromatic carbocycles. The van der Waals surface area contributed by atoms with Crippen LogP contribution >= 0.6 is 0 Å². The van der Waals surface area contributed by atoms with E-state index in [9.17, 15) is 9.18 Å². The highest BCUT2D eigenvalue weighted by Crippen LogP contribution is 2.03. The number of aromatic nitrogens is 3. The molecule has 1 heterocycles. The molecule has 1 aromatic heterocycles. The Morgan fingerprint density at radius 1 is 1.39 bits per heavy atom. The lowest BCUT2D eigenvalue weighted by Crippen LogP contribution is -2.15. The fraction of sp³-hybridized carbons (Fsp3) is 0.0909. The van der Waals surface area contributed by atoms with Gasteiger partial charge in [-0.15, -0.1) is 0 Å². The number of H-pyrrole nitrogens is 1. The predicted molar refractivity (Wildman–Crippen MR) is 65.0 cm³/mol. The van der Waals surface area contributed by atoms with Crippen LogP contribution in [-0.4, -0.2) is 21.4 Å². The fourth-order valence-electron chi connectivity index (χ4n) is 1.21. The zero-order chi connectivity index (χ0) is 13.0.